The lowest BCUT2D eigenvalue weighted by molar-refractivity contribution is -0.179. The van der Waals surface area contributed by atoms with Crippen LogP contribution < -0.4 is 0 Å². The molecule has 0 N–H and O–H groups in total. The molecule has 0 aromatic rings. The van der Waals surface area contributed by atoms with E-state index in [2.05, 4.69) is 0 Å². The summed E-state index contributed by atoms with van der Waals surface area (Å²) in [4.78, 5) is 33.9. The fraction of sp³-hybridized carbons (Fsp3) is 0.727. The molecule has 0 fully saturated rings. The minimum atomic E-state index is -5.46. The first-order chi connectivity index (χ1) is 8.77. The van der Waals surface area contributed by atoms with Crippen molar-refractivity contribution >= 4 is 17.3 Å². The quantitative estimate of drug-likeness (QED) is 0.560. The molecule has 0 saturated heterocycles. The van der Waals surface area contributed by atoms with E-state index in [9.17, 15) is 40.7 Å². The number of ketones is 3. The van der Waals surface area contributed by atoms with Crippen molar-refractivity contribution in [1.29, 1.82) is 0 Å². The summed E-state index contributed by atoms with van der Waals surface area (Å²) in [5, 5.41) is 0. The van der Waals surface area contributed by atoms with Crippen molar-refractivity contribution in [2.45, 2.75) is 39.0 Å². The molecule has 0 saturated carbocycles. The number of alkyl halides is 6. The third-order valence-electron chi connectivity index (χ3n) is 2.37. The summed E-state index contributed by atoms with van der Waals surface area (Å²) in [6.45, 7) is 2.30. The molecule has 0 heterocycles. The molecule has 0 spiro atoms. The standard InChI is InChI=1S/C11H12F6O3/c1-5(2)8(19)7(9(20)11(15,16)17)6(18)3-4-10(12,13)14/h5,7H,3-4H2,1-2H3. The molecule has 3 nitrogen and oxygen atoms in total. The Bertz CT molecular complexity index is 394. The zero-order chi connectivity index (χ0) is 16.3. The second-order valence-electron chi connectivity index (χ2n) is 4.43. The van der Waals surface area contributed by atoms with E-state index in [1.54, 1.807) is 0 Å². The zero-order valence-corrected chi connectivity index (χ0v) is 10.6. The molecular weight excluding hydrogens is 294 g/mol. The summed E-state index contributed by atoms with van der Waals surface area (Å²) < 4.78 is 72.6. The van der Waals surface area contributed by atoms with E-state index in [1.165, 1.54) is 0 Å². The molecule has 0 amide bonds. The van der Waals surface area contributed by atoms with Crippen molar-refractivity contribution < 1.29 is 40.7 Å². The highest BCUT2D eigenvalue weighted by atomic mass is 19.4. The lowest BCUT2D eigenvalue weighted by Crippen LogP contribution is -2.42. The summed E-state index contributed by atoms with van der Waals surface area (Å²) in [7, 11) is 0. The van der Waals surface area contributed by atoms with E-state index in [4.69, 9.17) is 0 Å². The summed E-state index contributed by atoms with van der Waals surface area (Å²) in [6.07, 6.45) is -13.2. The largest absolute Gasteiger partial charge is 0.451 e. The van der Waals surface area contributed by atoms with Crippen LogP contribution >= 0.6 is 0 Å². The molecule has 1 unspecified atom stereocenters. The average Bonchev–Trinajstić information content (AvgIpc) is 2.23. The molecule has 0 rings (SSSR count). The molecule has 0 radical (unpaired) electrons. The Kier molecular flexibility index (Phi) is 5.91. The minimum absolute atomic E-state index is 1.08. The Hall–Kier alpha value is -1.41. The first kappa shape index (κ1) is 18.6. The van der Waals surface area contributed by atoms with E-state index in [1.807, 2.05) is 0 Å². The van der Waals surface area contributed by atoms with Gasteiger partial charge in [0.1, 0.15) is 5.92 Å². The van der Waals surface area contributed by atoms with Crippen molar-refractivity contribution in [1.82, 2.24) is 0 Å². The predicted molar refractivity (Wildman–Crippen MR) is 54.7 cm³/mol. The van der Waals surface area contributed by atoms with Gasteiger partial charge in [0.05, 0.1) is 6.42 Å². The highest BCUT2D eigenvalue weighted by Gasteiger charge is 2.49. The Balaban J connectivity index is 5.20. The molecule has 1 atom stereocenters. The van der Waals surface area contributed by atoms with Crippen LogP contribution in [-0.2, 0) is 14.4 Å². The highest BCUT2D eigenvalue weighted by Crippen LogP contribution is 2.27. The molecule has 20 heavy (non-hydrogen) atoms. The molecule has 116 valence electrons. The van der Waals surface area contributed by atoms with Crippen molar-refractivity contribution in [2.75, 3.05) is 0 Å². The van der Waals surface area contributed by atoms with Crippen LogP contribution in [-0.4, -0.2) is 29.7 Å². The summed E-state index contributed by atoms with van der Waals surface area (Å²) >= 11 is 0. The van der Waals surface area contributed by atoms with Gasteiger partial charge < -0.3 is 0 Å². The van der Waals surface area contributed by atoms with Gasteiger partial charge in [-0.3, -0.25) is 14.4 Å². The van der Waals surface area contributed by atoms with E-state index in [0.717, 1.165) is 13.8 Å². The van der Waals surface area contributed by atoms with E-state index in [0.29, 0.717) is 0 Å². The Morgan fingerprint density at radius 1 is 0.950 bits per heavy atom. The number of rotatable bonds is 6. The fourth-order valence-corrected chi connectivity index (χ4v) is 1.34. The van der Waals surface area contributed by atoms with Crippen LogP contribution in [0.3, 0.4) is 0 Å². The number of Topliss-reactive ketones (excluding diaryl/α,β-unsaturated/α-hetero) is 3. The van der Waals surface area contributed by atoms with Crippen LogP contribution in [0, 0.1) is 11.8 Å². The molecule has 0 aliphatic heterocycles. The lowest BCUT2D eigenvalue weighted by Gasteiger charge is -2.17. The van der Waals surface area contributed by atoms with Crippen LogP contribution in [0.1, 0.15) is 26.7 Å². The number of carbonyl (C=O) groups is 3. The van der Waals surface area contributed by atoms with Gasteiger partial charge in [-0.1, -0.05) is 13.8 Å². The van der Waals surface area contributed by atoms with Crippen molar-refractivity contribution in [3.05, 3.63) is 0 Å². The van der Waals surface area contributed by atoms with Gasteiger partial charge in [0, 0.05) is 12.3 Å². The van der Waals surface area contributed by atoms with Gasteiger partial charge >= 0.3 is 12.4 Å². The van der Waals surface area contributed by atoms with Gasteiger partial charge in [-0.05, 0) is 0 Å². The van der Waals surface area contributed by atoms with Crippen molar-refractivity contribution in [2.24, 2.45) is 11.8 Å². The highest BCUT2D eigenvalue weighted by molar-refractivity contribution is 6.21. The molecule has 0 aliphatic rings. The smallest absolute Gasteiger partial charge is 0.298 e. The first-order valence-electron chi connectivity index (χ1n) is 5.51. The maximum absolute atomic E-state index is 12.3. The summed E-state index contributed by atoms with van der Waals surface area (Å²) in [6, 6.07) is 0. The Morgan fingerprint density at radius 3 is 1.70 bits per heavy atom. The molecule has 0 bridgehead atoms. The number of hydrogen-bond donors (Lipinski definition) is 0. The van der Waals surface area contributed by atoms with Crippen LogP contribution in [0.5, 0.6) is 0 Å². The zero-order valence-electron chi connectivity index (χ0n) is 10.6. The SMILES string of the molecule is CC(C)C(=O)C(C(=O)CCC(F)(F)F)C(=O)C(F)(F)F. The second-order valence-corrected chi connectivity index (χ2v) is 4.43. The monoisotopic (exact) mass is 306 g/mol. The molecule has 0 aromatic heterocycles. The van der Waals surface area contributed by atoms with E-state index >= 15 is 0 Å². The summed E-state index contributed by atoms with van der Waals surface area (Å²) in [5.74, 6) is -9.41. The van der Waals surface area contributed by atoms with Crippen LogP contribution in [0.2, 0.25) is 0 Å². The third-order valence-corrected chi connectivity index (χ3v) is 2.37. The van der Waals surface area contributed by atoms with E-state index in [-0.39, 0.29) is 0 Å². The van der Waals surface area contributed by atoms with Crippen LogP contribution in [0.15, 0.2) is 0 Å². The maximum Gasteiger partial charge on any atom is 0.451 e. The lowest BCUT2D eigenvalue weighted by atomic mass is 9.86. The van der Waals surface area contributed by atoms with Gasteiger partial charge in [-0.2, -0.15) is 26.3 Å². The predicted octanol–water partition coefficient (Wildman–Crippen LogP) is 2.87. The van der Waals surface area contributed by atoms with Gasteiger partial charge in [0.25, 0.3) is 5.78 Å². The fourth-order valence-electron chi connectivity index (χ4n) is 1.34. The number of halogens is 6. The van der Waals surface area contributed by atoms with E-state index < -0.39 is 54.4 Å². The number of hydrogen-bond acceptors (Lipinski definition) is 3. The third kappa shape index (κ3) is 5.70. The molecule has 0 aliphatic carbocycles. The Labute approximate surface area is 110 Å². The van der Waals surface area contributed by atoms with Gasteiger partial charge in [-0.25, -0.2) is 0 Å². The summed E-state index contributed by atoms with van der Waals surface area (Å²) in [5.41, 5.74) is 0. The normalized spacial score (nSPS) is 14.2. The maximum atomic E-state index is 12.3. The average molecular weight is 306 g/mol. The van der Waals surface area contributed by atoms with Crippen LogP contribution in [0.25, 0.3) is 0 Å². The van der Waals surface area contributed by atoms with Gasteiger partial charge in [0.15, 0.2) is 11.6 Å². The Morgan fingerprint density at radius 2 is 1.40 bits per heavy atom. The van der Waals surface area contributed by atoms with Crippen molar-refractivity contribution in [3.63, 3.8) is 0 Å². The number of carbonyl (C=O) groups excluding carboxylic acids is 3. The topological polar surface area (TPSA) is 51.2 Å². The second kappa shape index (κ2) is 6.36. The molecule has 0 aromatic carbocycles. The van der Waals surface area contributed by atoms with Crippen LogP contribution in [0.4, 0.5) is 26.3 Å². The molecule has 9 heteroatoms. The van der Waals surface area contributed by atoms with Gasteiger partial charge in [0.2, 0.25) is 0 Å². The first-order valence-corrected chi connectivity index (χ1v) is 5.51. The van der Waals surface area contributed by atoms with Crippen molar-refractivity contribution in [3.8, 4) is 0 Å². The molecular formula is C11H12F6O3. The van der Waals surface area contributed by atoms with Gasteiger partial charge in [-0.15, -0.1) is 0 Å². The minimum Gasteiger partial charge on any atom is -0.298 e.